The van der Waals surface area contributed by atoms with E-state index in [0.29, 0.717) is 18.8 Å². The first-order valence-electron chi connectivity index (χ1n) is 9.26. The highest BCUT2D eigenvalue weighted by molar-refractivity contribution is 5.74. The summed E-state index contributed by atoms with van der Waals surface area (Å²) in [6.07, 6.45) is 3.12. The number of fused-ring (bicyclic) bond motifs is 1. The molecule has 0 amide bonds. The van der Waals surface area contributed by atoms with E-state index in [1.807, 2.05) is 24.3 Å². The Bertz CT molecular complexity index is 945. The summed E-state index contributed by atoms with van der Waals surface area (Å²) in [4.78, 5) is 15.6. The minimum absolute atomic E-state index is 0.0388. The van der Waals surface area contributed by atoms with Crippen LogP contribution in [-0.4, -0.2) is 16.7 Å². The largest absolute Gasteiger partial charge is 0.396 e. The van der Waals surface area contributed by atoms with Gasteiger partial charge in [-0.25, -0.2) is 0 Å². The number of aliphatic hydroxyl groups excluding tert-OH is 1. The second-order valence-corrected chi connectivity index (χ2v) is 6.98. The number of nitrogens with one attached hydrogen (secondary N) is 1. The lowest BCUT2D eigenvalue weighted by Gasteiger charge is -2.33. The summed E-state index contributed by atoms with van der Waals surface area (Å²) in [5, 5.41) is 9.25. The van der Waals surface area contributed by atoms with Crippen molar-refractivity contribution in [3.05, 3.63) is 93.4 Å². The van der Waals surface area contributed by atoms with Crippen molar-refractivity contribution in [1.82, 2.24) is 4.98 Å². The first kappa shape index (κ1) is 16.8. The zero-order chi connectivity index (χ0) is 17.9. The van der Waals surface area contributed by atoms with Crippen molar-refractivity contribution < 1.29 is 5.11 Å². The summed E-state index contributed by atoms with van der Waals surface area (Å²) >= 11 is 0. The van der Waals surface area contributed by atoms with Crippen LogP contribution in [-0.2, 0) is 19.3 Å². The molecule has 132 valence electrons. The van der Waals surface area contributed by atoms with Crippen LogP contribution in [0.5, 0.6) is 0 Å². The maximum absolute atomic E-state index is 12.5. The van der Waals surface area contributed by atoms with Crippen molar-refractivity contribution in [2.75, 3.05) is 6.61 Å². The van der Waals surface area contributed by atoms with Crippen LogP contribution in [0.1, 0.15) is 34.7 Å². The number of aromatic nitrogens is 1. The Hall–Kier alpha value is -2.65. The molecule has 4 rings (SSSR count). The summed E-state index contributed by atoms with van der Waals surface area (Å²) in [6, 6.07) is 20.8. The van der Waals surface area contributed by atoms with Gasteiger partial charge in [0.1, 0.15) is 0 Å². The Labute approximate surface area is 153 Å². The van der Waals surface area contributed by atoms with Crippen molar-refractivity contribution in [2.24, 2.45) is 0 Å². The molecule has 0 spiro atoms. The van der Waals surface area contributed by atoms with Gasteiger partial charge in [-0.2, -0.15) is 0 Å². The predicted octanol–water partition coefficient (Wildman–Crippen LogP) is 3.85. The molecule has 0 saturated heterocycles. The summed E-state index contributed by atoms with van der Waals surface area (Å²) < 4.78 is 0. The molecule has 0 fully saturated rings. The van der Waals surface area contributed by atoms with E-state index in [4.69, 9.17) is 0 Å². The molecule has 1 unspecified atom stereocenters. The van der Waals surface area contributed by atoms with Gasteiger partial charge in [-0.15, -0.1) is 0 Å². The second kappa shape index (κ2) is 7.30. The van der Waals surface area contributed by atoms with Crippen LogP contribution in [0, 0.1) is 0 Å². The smallest absolute Gasteiger partial charge is 0.251 e. The first-order chi connectivity index (χ1) is 12.8. The lowest BCUT2D eigenvalue weighted by molar-refractivity contribution is 0.288. The SMILES string of the molecule is O=c1[nH]c(CCCO)c(-c2ccccc2)c2c1CC2Cc1ccccc1. The Morgan fingerprint density at radius 2 is 1.69 bits per heavy atom. The van der Waals surface area contributed by atoms with E-state index >= 15 is 0 Å². The van der Waals surface area contributed by atoms with Gasteiger partial charge >= 0.3 is 0 Å². The van der Waals surface area contributed by atoms with E-state index < -0.39 is 0 Å². The predicted molar refractivity (Wildman–Crippen MR) is 104 cm³/mol. The third-order valence-electron chi connectivity index (χ3n) is 5.27. The number of aliphatic hydroxyl groups is 1. The van der Waals surface area contributed by atoms with Gasteiger partial charge in [0.25, 0.3) is 5.56 Å². The minimum Gasteiger partial charge on any atom is -0.396 e. The van der Waals surface area contributed by atoms with Crippen molar-refractivity contribution in [3.63, 3.8) is 0 Å². The van der Waals surface area contributed by atoms with Crippen LogP contribution in [0.15, 0.2) is 65.5 Å². The molecule has 3 nitrogen and oxygen atoms in total. The van der Waals surface area contributed by atoms with E-state index in [-0.39, 0.29) is 12.2 Å². The Kier molecular flexibility index (Phi) is 4.72. The Morgan fingerprint density at radius 1 is 1.00 bits per heavy atom. The molecule has 3 aromatic rings. The van der Waals surface area contributed by atoms with Gasteiger partial charge in [-0.3, -0.25) is 4.79 Å². The van der Waals surface area contributed by atoms with Gasteiger partial charge in [0.15, 0.2) is 0 Å². The fourth-order valence-corrected chi connectivity index (χ4v) is 4.03. The van der Waals surface area contributed by atoms with E-state index in [2.05, 4.69) is 41.4 Å². The summed E-state index contributed by atoms with van der Waals surface area (Å²) in [7, 11) is 0. The number of H-pyrrole nitrogens is 1. The highest BCUT2D eigenvalue weighted by Crippen LogP contribution is 2.43. The molecule has 0 saturated carbocycles. The zero-order valence-electron chi connectivity index (χ0n) is 14.7. The molecule has 1 aliphatic carbocycles. The van der Waals surface area contributed by atoms with Crippen LogP contribution < -0.4 is 5.56 Å². The average Bonchev–Trinajstić information content (AvgIpc) is 2.67. The summed E-state index contributed by atoms with van der Waals surface area (Å²) in [5.74, 6) is 0.373. The first-order valence-corrected chi connectivity index (χ1v) is 9.26. The number of hydrogen-bond acceptors (Lipinski definition) is 2. The highest BCUT2D eigenvalue weighted by atomic mass is 16.2. The molecule has 3 heteroatoms. The van der Waals surface area contributed by atoms with Crippen molar-refractivity contribution in [3.8, 4) is 11.1 Å². The summed E-state index contributed by atoms with van der Waals surface area (Å²) in [6.45, 7) is 0.126. The molecule has 2 N–H and O–H groups in total. The number of rotatable bonds is 6. The highest BCUT2D eigenvalue weighted by Gasteiger charge is 2.33. The van der Waals surface area contributed by atoms with E-state index in [0.717, 1.165) is 29.7 Å². The normalized spacial score (nSPS) is 15.3. The van der Waals surface area contributed by atoms with Gasteiger partial charge in [0, 0.05) is 23.4 Å². The second-order valence-electron chi connectivity index (χ2n) is 6.98. The Balaban J connectivity index is 1.80. The molecule has 1 aliphatic rings. The van der Waals surface area contributed by atoms with Gasteiger partial charge in [0.2, 0.25) is 0 Å². The average molecular weight is 345 g/mol. The van der Waals surface area contributed by atoms with Crippen molar-refractivity contribution in [1.29, 1.82) is 0 Å². The van der Waals surface area contributed by atoms with Crippen molar-refractivity contribution >= 4 is 0 Å². The molecule has 0 aliphatic heterocycles. The summed E-state index contributed by atoms with van der Waals surface area (Å²) in [5.41, 5.74) is 6.74. The number of aromatic amines is 1. The van der Waals surface area contributed by atoms with Crippen LogP contribution in [0.4, 0.5) is 0 Å². The standard InChI is InChI=1S/C23H23NO2/c25-13-7-12-20-22(17-10-5-2-6-11-17)21-18(15-19(21)23(26)24-20)14-16-8-3-1-4-9-16/h1-6,8-11,18,25H,7,12-15H2,(H,24,26). The third-order valence-corrected chi connectivity index (χ3v) is 5.27. The topological polar surface area (TPSA) is 53.1 Å². The number of hydrogen-bond donors (Lipinski definition) is 2. The van der Waals surface area contributed by atoms with Gasteiger partial charge in [-0.1, -0.05) is 60.7 Å². The molecule has 1 aromatic heterocycles. The van der Waals surface area contributed by atoms with Crippen molar-refractivity contribution in [2.45, 2.75) is 31.6 Å². The number of benzene rings is 2. The molecule has 1 heterocycles. The Morgan fingerprint density at radius 3 is 2.38 bits per heavy atom. The molecule has 1 atom stereocenters. The third kappa shape index (κ3) is 3.11. The lowest BCUT2D eigenvalue weighted by Crippen LogP contribution is -2.31. The molecule has 2 aromatic carbocycles. The fourth-order valence-electron chi connectivity index (χ4n) is 4.03. The monoisotopic (exact) mass is 345 g/mol. The van der Waals surface area contributed by atoms with Gasteiger partial charge in [-0.05, 0) is 48.3 Å². The van der Waals surface area contributed by atoms with Crippen LogP contribution >= 0.6 is 0 Å². The lowest BCUT2D eigenvalue weighted by atomic mass is 9.71. The maximum atomic E-state index is 12.5. The number of aryl methyl sites for hydroxylation is 1. The zero-order valence-corrected chi connectivity index (χ0v) is 14.7. The molecule has 0 radical (unpaired) electrons. The maximum Gasteiger partial charge on any atom is 0.251 e. The molecular formula is C23H23NO2. The van der Waals surface area contributed by atoms with Crippen LogP contribution in [0.25, 0.3) is 11.1 Å². The molecule has 26 heavy (non-hydrogen) atoms. The van der Waals surface area contributed by atoms with E-state index in [9.17, 15) is 9.90 Å². The molecular weight excluding hydrogens is 322 g/mol. The van der Waals surface area contributed by atoms with Gasteiger partial charge in [0.05, 0.1) is 0 Å². The van der Waals surface area contributed by atoms with Gasteiger partial charge < -0.3 is 10.1 Å². The minimum atomic E-state index is 0.0388. The van der Waals surface area contributed by atoms with Crippen LogP contribution in [0.2, 0.25) is 0 Å². The fraction of sp³-hybridized carbons (Fsp3) is 0.261. The van der Waals surface area contributed by atoms with Crippen LogP contribution in [0.3, 0.4) is 0 Å². The van der Waals surface area contributed by atoms with E-state index in [1.54, 1.807) is 0 Å². The number of pyridine rings is 1. The quantitative estimate of drug-likeness (QED) is 0.713. The van der Waals surface area contributed by atoms with E-state index in [1.165, 1.54) is 16.7 Å². The molecule has 0 bridgehead atoms.